The maximum Gasteiger partial charge on any atom is 0.272 e. The number of rotatable bonds is 3. The quantitative estimate of drug-likeness (QED) is 0.696. The number of amides is 1. The van der Waals surface area contributed by atoms with Crippen LogP contribution in [0.1, 0.15) is 29.8 Å². The van der Waals surface area contributed by atoms with Crippen LogP contribution in [-0.4, -0.2) is 38.2 Å². The molecular formula is C20H21ClN4O. The zero-order chi connectivity index (χ0) is 18.1. The molecule has 3 heterocycles. The Balaban J connectivity index is 1.79. The number of nitrogens with zero attached hydrogens (tertiary/aromatic N) is 4. The fraction of sp³-hybridized carbons (Fsp3) is 0.300. The Morgan fingerprint density at radius 3 is 2.46 bits per heavy atom. The standard InChI is InChI=1S/C20H21ClN4O/c1-23-11-5-6-18(23)17-14-19(20(26)24-12-3-2-4-13-24)25(22-17)16-9-7-15(21)8-10-16/h5-11,14H,2-4,12-13H2,1H3. The maximum atomic E-state index is 13.2. The van der Waals surface area contributed by atoms with Crippen molar-refractivity contribution in [2.75, 3.05) is 13.1 Å². The minimum atomic E-state index is 0.0348. The van der Waals surface area contributed by atoms with Gasteiger partial charge in [0.15, 0.2) is 0 Å². The van der Waals surface area contributed by atoms with E-state index in [4.69, 9.17) is 16.7 Å². The number of carbonyl (C=O) groups excluding carboxylic acids is 1. The fourth-order valence-corrected chi connectivity index (χ4v) is 3.55. The van der Waals surface area contributed by atoms with Crippen LogP contribution >= 0.6 is 11.6 Å². The van der Waals surface area contributed by atoms with Gasteiger partial charge in [0.25, 0.3) is 5.91 Å². The molecule has 0 unspecified atom stereocenters. The Morgan fingerprint density at radius 2 is 1.81 bits per heavy atom. The average molecular weight is 369 g/mol. The number of halogens is 1. The van der Waals surface area contributed by atoms with Crippen LogP contribution in [0, 0.1) is 0 Å². The molecule has 0 N–H and O–H groups in total. The molecule has 0 spiro atoms. The first-order chi connectivity index (χ1) is 12.6. The number of hydrogen-bond acceptors (Lipinski definition) is 2. The van der Waals surface area contributed by atoms with Crippen LogP contribution in [0.25, 0.3) is 17.1 Å². The number of likely N-dealkylation sites (tertiary alicyclic amines) is 1. The van der Waals surface area contributed by atoms with Gasteiger partial charge in [0, 0.05) is 31.4 Å². The van der Waals surface area contributed by atoms with Crippen LogP contribution < -0.4 is 0 Å². The van der Waals surface area contributed by atoms with Crippen LogP contribution in [0.5, 0.6) is 0 Å². The smallest absolute Gasteiger partial charge is 0.272 e. The SMILES string of the molecule is Cn1cccc1-c1cc(C(=O)N2CCCCC2)n(-c2ccc(Cl)cc2)n1. The highest BCUT2D eigenvalue weighted by Crippen LogP contribution is 2.24. The molecule has 3 aromatic rings. The predicted octanol–water partition coefficient (Wildman–Crippen LogP) is 4.16. The molecule has 1 aliphatic rings. The van der Waals surface area contributed by atoms with E-state index in [0.717, 1.165) is 43.0 Å². The molecule has 1 aliphatic heterocycles. The summed E-state index contributed by atoms with van der Waals surface area (Å²) in [4.78, 5) is 15.1. The lowest BCUT2D eigenvalue weighted by molar-refractivity contribution is 0.0715. The molecule has 2 aromatic heterocycles. The molecule has 0 bridgehead atoms. The third-order valence-corrected chi connectivity index (χ3v) is 5.10. The molecule has 0 atom stereocenters. The van der Waals surface area contributed by atoms with Crippen molar-refractivity contribution in [3.63, 3.8) is 0 Å². The van der Waals surface area contributed by atoms with Gasteiger partial charge in [-0.05, 0) is 61.7 Å². The average Bonchev–Trinajstić information content (AvgIpc) is 3.28. The molecule has 134 valence electrons. The molecule has 0 radical (unpaired) electrons. The van der Waals surface area contributed by atoms with Crippen molar-refractivity contribution < 1.29 is 4.79 Å². The summed E-state index contributed by atoms with van der Waals surface area (Å²) in [5.41, 5.74) is 3.18. The first kappa shape index (κ1) is 16.9. The third kappa shape index (κ3) is 3.15. The van der Waals surface area contributed by atoms with Gasteiger partial charge in [-0.25, -0.2) is 4.68 Å². The van der Waals surface area contributed by atoms with Crippen molar-refractivity contribution in [1.29, 1.82) is 0 Å². The molecule has 4 rings (SSSR count). The highest BCUT2D eigenvalue weighted by molar-refractivity contribution is 6.30. The summed E-state index contributed by atoms with van der Waals surface area (Å²) in [6.45, 7) is 1.62. The second-order valence-electron chi connectivity index (χ2n) is 6.66. The lowest BCUT2D eigenvalue weighted by atomic mass is 10.1. The second kappa shape index (κ2) is 7.00. The van der Waals surface area contributed by atoms with E-state index in [2.05, 4.69) is 0 Å². The van der Waals surface area contributed by atoms with Gasteiger partial charge in [-0.2, -0.15) is 5.10 Å². The van der Waals surface area contributed by atoms with E-state index in [9.17, 15) is 4.79 Å². The normalized spacial score (nSPS) is 14.6. The van der Waals surface area contributed by atoms with E-state index in [0.29, 0.717) is 10.7 Å². The van der Waals surface area contributed by atoms with Gasteiger partial charge in [-0.15, -0.1) is 0 Å². The lowest BCUT2D eigenvalue weighted by Gasteiger charge is -2.26. The summed E-state index contributed by atoms with van der Waals surface area (Å²) in [6.07, 6.45) is 5.29. The van der Waals surface area contributed by atoms with Gasteiger partial charge in [-0.3, -0.25) is 4.79 Å². The Bertz CT molecular complexity index is 920. The van der Waals surface area contributed by atoms with Crippen LogP contribution in [0.4, 0.5) is 0 Å². The predicted molar refractivity (Wildman–Crippen MR) is 103 cm³/mol. The third-order valence-electron chi connectivity index (χ3n) is 4.85. The van der Waals surface area contributed by atoms with Crippen LogP contribution in [0.3, 0.4) is 0 Å². The molecule has 26 heavy (non-hydrogen) atoms. The summed E-state index contributed by atoms with van der Waals surface area (Å²) in [6, 6.07) is 13.3. The van der Waals surface area contributed by atoms with Gasteiger partial charge in [0.2, 0.25) is 0 Å². The lowest BCUT2D eigenvalue weighted by Crippen LogP contribution is -2.36. The number of aryl methyl sites for hydroxylation is 1. The molecular weight excluding hydrogens is 348 g/mol. The highest BCUT2D eigenvalue weighted by Gasteiger charge is 2.24. The van der Waals surface area contributed by atoms with E-state index in [-0.39, 0.29) is 5.91 Å². The number of aromatic nitrogens is 3. The minimum absolute atomic E-state index is 0.0348. The molecule has 1 aromatic carbocycles. The van der Waals surface area contributed by atoms with Crippen LogP contribution in [-0.2, 0) is 7.05 Å². The van der Waals surface area contributed by atoms with Gasteiger partial charge in [0.05, 0.1) is 11.4 Å². The summed E-state index contributed by atoms with van der Waals surface area (Å²) in [5, 5.41) is 5.39. The van der Waals surface area contributed by atoms with E-state index >= 15 is 0 Å². The van der Waals surface area contributed by atoms with Crippen LogP contribution in [0.15, 0.2) is 48.7 Å². The molecule has 0 saturated carbocycles. The van der Waals surface area contributed by atoms with Gasteiger partial charge < -0.3 is 9.47 Å². The Hall–Kier alpha value is -2.53. The van der Waals surface area contributed by atoms with Crippen molar-refractivity contribution in [3.8, 4) is 17.1 Å². The van der Waals surface area contributed by atoms with E-state index in [1.807, 2.05) is 65.2 Å². The van der Waals surface area contributed by atoms with Crippen molar-refractivity contribution in [2.24, 2.45) is 7.05 Å². The number of benzene rings is 1. The summed E-state index contributed by atoms with van der Waals surface area (Å²) in [7, 11) is 1.97. The van der Waals surface area contributed by atoms with Crippen LogP contribution in [0.2, 0.25) is 5.02 Å². The fourth-order valence-electron chi connectivity index (χ4n) is 3.42. The number of carbonyl (C=O) groups is 1. The Labute approximate surface area is 157 Å². The minimum Gasteiger partial charge on any atom is -0.349 e. The first-order valence-electron chi connectivity index (χ1n) is 8.90. The first-order valence-corrected chi connectivity index (χ1v) is 9.28. The zero-order valence-corrected chi connectivity index (χ0v) is 15.5. The molecule has 1 fully saturated rings. The van der Waals surface area contributed by atoms with Gasteiger partial charge in [0.1, 0.15) is 11.4 Å². The van der Waals surface area contributed by atoms with Crippen molar-refractivity contribution in [2.45, 2.75) is 19.3 Å². The Morgan fingerprint density at radius 1 is 1.08 bits per heavy atom. The maximum absolute atomic E-state index is 13.2. The molecule has 5 nitrogen and oxygen atoms in total. The highest BCUT2D eigenvalue weighted by atomic mass is 35.5. The van der Waals surface area contributed by atoms with Crippen molar-refractivity contribution in [3.05, 3.63) is 59.4 Å². The molecule has 1 amide bonds. The molecule has 6 heteroatoms. The van der Waals surface area contributed by atoms with Gasteiger partial charge in [-0.1, -0.05) is 11.6 Å². The summed E-state index contributed by atoms with van der Waals surface area (Å²) < 4.78 is 3.74. The Kier molecular flexibility index (Phi) is 4.55. The summed E-state index contributed by atoms with van der Waals surface area (Å²) >= 11 is 6.02. The molecule has 0 aliphatic carbocycles. The van der Waals surface area contributed by atoms with E-state index < -0.39 is 0 Å². The topological polar surface area (TPSA) is 43.1 Å². The number of hydrogen-bond donors (Lipinski definition) is 0. The largest absolute Gasteiger partial charge is 0.349 e. The number of piperidine rings is 1. The summed E-state index contributed by atoms with van der Waals surface area (Å²) in [5.74, 6) is 0.0348. The zero-order valence-electron chi connectivity index (χ0n) is 14.7. The second-order valence-corrected chi connectivity index (χ2v) is 7.10. The molecule has 1 saturated heterocycles. The monoisotopic (exact) mass is 368 g/mol. The van der Waals surface area contributed by atoms with E-state index in [1.165, 1.54) is 6.42 Å². The van der Waals surface area contributed by atoms with Crippen molar-refractivity contribution >= 4 is 17.5 Å². The van der Waals surface area contributed by atoms with Gasteiger partial charge >= 0.3 is 0 Å². The van der Waals surface area contributed by atoms with Crippen molar-refractivity contribution in [1.82, 2.24) is 19.2 Å². The van der Waals surface area contributed by atoms with E-state index in [1.54, 1.807) is 4.68 Å².